The molecule has 0 radical (unpaired) electrons. The molecule has 0 spiro atoms. The zero-order chi connectivity index (χ0) is 24.0. The van der Waals surface area contributed by atoms with E-state index in [0.717, 1.165) is 24.2 Å². The van der Waals surface area contributed by atoms with Crippen molar-refractivity contribution in [3.63, 3.8) is 0 Å². The summed E-state index contributed by atoms with van der Waals surface area (Å²) in [5.74, 6) is -0.254. The van der Waals surface area contributed by atoms with Crippen molar-refractivity contribution in [2.24, 2.45) is 5.92 Å². The highest BCUT2D eigenvalue weighted by Gasteiger charge is 2.20. The molecule has 3 N–H and O–H groups in total. The van der Waals surface area contributed by atoms with E-state index in [1.165, 1.54) is 19.3 Å². The lowest BCUT2D eigenvalue weighted by molar-refractivity contribution is -0.125. The van der Waals surface area contributed by atoms with Gasteiger partial charge in [-0.3, -0.25) is 19.1 Å². The van der Waals surface area contributed by atoms with Crippen molar-refractivity contribution in [3.8, 4) is 0 Å². The summed E-state index contributed by atoms with van der Waals surface area (Å²) in [5, 5.41) is 12.9. The van der Waals surface area contributed by atoms with E-state index in [-0.39, 0.29) is 24.3 Å². The summed E-state index contributed by atoms with van der Waals surface area (Å²) in [4.78, 5) is 36.9. The molecule has 1 saturated carbocycles. The molecule has 1 aromatic heterocycles. The van der Waals surface area contributed by atoms with Gasteiger partial charge in [0.1, 0.15) is 6.04 Å². The number of amides is 3. The zero-order valence-corrected chi connectivity index (χ0v) is 20.2. The minimum atomic E-state index is -0.508. The molecule has 0 bridgehead atoms. The first-order valence-electron chi connectivity index (χ1n) is 11.4. The summed E-state index contributed by atoms with van der Waals surface area (Å²) in [7, 11) is 0. The number of nitrogens with one attached hydrogen (secondary N) is 3. The predicted octanol–water partition coefficient (Wildman–Crippen LogP) is 4.38. The fraction of sp³-hybridized carbons (Fsp3) is 0.500. The van der Waals surface area contributed by atoms with Gasteiger partial charge in [0.2, 0.25) is 17.7 Å². The number of rotatable bonds is 8. The number of aromatic nitrogens is 2. The van der Waals surface area contributed by atoms with Gasteiger partial charge in [0.25, 0.3) is 0 Å². The smallest absolute Gasteiger partial charge is 0.248 e. The van der Waals surface area contributed by atoms with E-state index in [2.05, 4.69) is 21.0 Å². The molecular weight excluding hydrogens is 442 g/mol. The molecule has 8 nitrogen and oxygen atoms in total. The summed E-state index contributed by atoms with van der Waals surface area (Å²) in [6.07, 6.45) is 6.24. The number of hydrogen-bond donors (Lipinski definition) is 3. The molecule has 1 unspecified atom stereocenters. The molecule has 178 valence electrons. The lowest BCUT2D eigenvalue weighted by atomic mass is 9.87. The van der Waals surface area contributed by atoms with Crippen LogP contribution in [0.2, 0.25) is 5.02 Å². The van der Waals surface area contributed by atoms with Crippen molar-refractivity contribution in [2.45, 2.75) is 65.3 Å². The Morgan fingerprint density at radius 2 is 1.82 bits per heavy atom. The fourth-order valence-corrected chi connectivity index (χ4v) is 4.42. The van der Waals surface area contributed by atoms with Gasteiger partial charge in [-0.05, 0) is 63.8 Å². The average Bonchev–Trinajstić information content (AvgIpc) is 3.12. The SMILES string of the molecule is Cc1cc(C)n(C(C)C(=O)Nc2ccc(NC(=O)CNC(=O)CC3CCCCC3)cc2Cl)n1. The largest absolute Gasteiger partial charge is 0.347 e. The molecule has 1 aliphatic rings. The minimum Gasteiger partial charge on any atom is -0.347 e. The Bertz CT molecular complexity index is 1010. The Morgan fingerprint density at radius 1 is 1.09 bits per heavy atom. The van der Waals surface area contributed by atoms with Gasteiger partial charge in [-0.25, -0.2) is 0 Å². The van der Waals surface area contributed by atoms with Crippen molar-refractivity contribution in [2.75, 3.05) is 17.2 Å². The lowest BCUT2D eigenvalue weighted by Crippen LogP contribution is -2.34. The van der Waals surface area contributed by atoms with Crippen LogP contribution < -0.4 is 16.0 Å². The molecule has 33 heavy (non-hydrogen) atoms. The Labute approximate surface area is 199 Å². The monoisotopic (exact) mass is 473 g/mol. The van der Waals surface area contributed by atoms with E-state index in [1.54, 1.807) is 29.8 Å². The maximum absolute atomic E-state index is 12.6. The van der Waals surface area contributed by atoms with Crippen LogP contribution in [0, 0.1) is 19.8 Å². The standard InChI is InChI=1S/C24H32ClN5O3/c1-15-11-16(2)30(29-15)17(3)24(33)28-21-10-9-19(13-20(21)25)27-23(32)14-26-22(31)12-18-7-5-4-6-8-18/h9-11,13,17-18H,4-8,12,14H2,1-3H3,(H,26,31)(H,27,32)(H,28,33). The van der Waals surface area contributed by atoms with Crippen LogP contribution in [0.25, 0.3) is 0 Å². The molecule has 3 rings (SSSR count). The van der Waals surface area contributed by atoms with Gasteiger partial charge in [-0.15, -0.1) is 0 Å². The normalized spacial score (nSPS) is 15.0. The number of aryl methyl sites for hydroxylation is 2. The van der Waals surface area contributed by atoms with Gasteiger partial charge in [-0.1, -0.05) is 30.9 Å². The van der Waals surface area contributed by atoms with Crippen LogP contribution in [0.1, 0.15) is 62.9 Å². The van der Waals surface area contributed by atoms with E-state index < -0.39 is 6.04 Å². The van der Waals surface area contributed by atoms with Crippen molar-refractivity contribution in [1.82, 2.24) is 15.1 Å². The molecule has 2 aromatic rings. The van der Waals surface area contributed by atoms with Crippen molar-refractivity contribution in [3.05, 3.63) is 40.7 Å². The summed E-state index contributed by atoms with van der Waals surface area (Å²) in [6.45, 7) is 5.44. The Balaban J connectivity index is 1.49. The van der Waals surface area contributed by atoms with Crippen LogP contribution in [0.4, 0.5) is 11.4 Å². The van der Waals surface area contributed by atoms with E-state index in [1.807, 2.05) is 19.9 Å². The van der Waals surface area contributed by atoms with Gasteiger partial charge >= 0.3 is 0 Å². The second kappa shape index (κ2) is 11.3. The van der Waals surface area contributed by atoms with Crippen LogP contribution in [-0.4, -0.2) is 34.0 Å². The first kappa shape index (κ1) is 24.8. The fourth-order valence-electron chi connectivity index (χ4n) is 4.19. The number of anilines is 2. The highest BCUT2D eigenvalue weighted by molar-refractivity contribution is 6.34. The molecule has 1 fully saturated rings. The predicted molar refractivity (Wildman–Crippen MR) is 129 cm³/mol. The number of benzene rings is 1. The first-order valence-corrected chi connectivity index (χ1v) is 11.8. The molecule has 1 aliphatic carbocycles. The van der Waals surface area contributed by atoms with Crippen LogP contribution >= 0.6 is 11.6 Å². The molecule has 3 amide bonds. The second-order valence-corrected chi connectivity index (χ2v) is 9.17. The number of hydrogen-bond acceptors (Lipinski definition) is 4. The van der Waals surface area contributed by atoms with Gasteiger partial charge in [0, 0.05) is 17.8 Å². The van der Waals surface area contributed by atoms with E-state index in [9.17, 15) is 14.4 Å². The topological polar surface area (TPSA) is 105 Å². The van der Waals surface area contributed by atoms with Gasteiger partial charge in [0.05, 0.1) is 22.9 Å². The van der Waals surface area contributed by atoms with E-state index >= 15 is 0 Å². The molecule has 1 aromatic carbocycles. The van der Waals surface area contributed by atoms with Crippen molar-refractivity contribution < 1.29 is 14.4 Å². The highest BCUT2D eigenvalue weighted by Crippen LogP contribution is 2.27. The third-order valence-corrected chi connectivity index (χ3v) is 6.26. The Kier molecular flexibility index (Phi) is 8.49. The summed E-state index contributed by atoms with van der Waals surface area (Å²) >= 11 is 6.32. The second-order valence-electron chi connectivity index (χ2n) is 8.76. The average molecular weight is 474 g/mol. The lowest BCUT2D eigenvalue weighted by Gasteiger charge is -2.20. The molecular formula is C24H32ClN5O3. The third kappa shape index (κ3) is 7.05. The van der Waals surface area contributed by atoms with Gasteiger partial charge in [-0.2, -0.15) is 5.10 Å². The van der Waals surface area contributed by atoms with Crippen molar-refractivity contribution >= 4 is 40.7 Å². The van der Waals surface area contributed by atoms with E-state index in [0.29, 0.717) is 28.7 Å². The quantitative estimate of drug-likeness (QED) is 0.529. The summed E-state index contributed by atoms with van der Waals surface area (Å²) < 4.78 is 1.66. The van der Waals surface area contributed by atoms with Crippen LogP contribution in [0.3, 0.4) is 0 Å². The maximum atomic E-state index is 12.6. The Morgan fingerprint density at radius 3 is 2.45 bits per heavy atom. The summed E-state index contributed by atoms with van der Waals surface area (Å²) in [6, 6.07) is 6.24. The van der Waals surface area contributed by atoms with Crippen LogP contribution in [0.5, 0.6) is 0 Å². The zero-order valence-electron chi connectivity index (χ0n) is 19.4. The van der Waals surface area contributed by atoms with Gasteiger partial charge < -0.3 is 16.0 Å². The molecule has 0 saturated heterocycles. The summed E-state index contributed by atoms with van der Waals surface area (Å²) in [5.41, 5.74) is 2.66. The van der Waals surface area contributed by atoms with Crippen LogP contribution in [-0.2, 0) is 14.4 Å². The van der Waals surface area contributed by atoms with Crippen molar-refractivity contribution in [1.29, 1.82) is 0 Å². The number of halogens is 1. The van der Waals surface area contributed by atoms with Crippen LogP contribution in [0.15, 0.2) is 24.3 Å². The molecule has 0 aliphatic heterocycles. The highest BCUT2D eigenvalue weighted by atomic mass is 35.5. The minimum absolute atomic E-state index is 0.0927. The molecule has 1 heterocycles. The van der Waals surface area contributed by atoms with E-state index in [4.69, 9.17) is 11.6 Å². The first-order chi connectivity index (χ1) is 15.7. The number of nitrogens with zero attached hydrogens (tertiary/aromatic N) is 2. The number of carbonyl (C=O) groups excluding carboxylic acids is 3. The molecule has 9 heteroatoms. The third-order valence-electron chi connectivity index (χ3n) is 5.95. The van der Waals surface area contributed by atoms with Gasteiger partial charge in [0.15, 0.2) is 0 Å². The molecule has 1 atom stereocenters. The number of carbonyl (C=O) groups is 3. The Hall–Kier alpha value is -2.87. The maximum Gasteiger partial charge on any atom is 0.248 e.